The number of rotatable bonds is 6. The van der Waals surface area contributed by atoms with Gasteiger partial charge in [0.1, 0.15) is 0 Å². The highest BCUT2D eigenvalue weighted by molar-refractivity contribution is 8.15. The second-order valence-electron chi connectivity index (χ2n) is 4.47. The van der Waals surface area contributed by atoms with Gasteiger partial charge >= 0.3 is 0 Å². The van der Waals surface area contributed by atoms with Crippen molar-refractivity contribution in [1.29, 1.82) is 0 Å². The summed E-state index contributed by atoms with van der Waals surface area (Å²) in [5.41, 5.74) is 0. The molecule has 2 heteroatoms. The lowest BCUT2D eigenvalue weighted by Gasteiger charge is -2.15. The van der Waals surface area contributed by atoms with Gasteiger partial charge in [-0.15, -0.1) is 0 Å². The van der Waals surface area contributed by atoms with Crippen molar-refractivity contribution in [3.05, 3.63) is 11.4 Å². The fourth-order valence-electron chi connectivity index (χ4n) is 1.39. The number of unbranched alkanes of at least 4 members (excludes halogenated alkanes) is 1. The van der Waals surface area contributed by atoms with Gasteiger partial charge in [-0.05, 0) is 50.4 Å². The topological polar surface area (TPSA) is 0 Å². The standard InChI is InChI=1S/C12H25PS/c1-6-8-9-12(7-2)10-11(3)13(4,5)14/h10,12H,6-9H2,1-5H3/b11-10+. The predicted molar refractivity (Wildman–Crippen MR) is 73.2 cm³/mol. The number of hydrogen-bond acceptors (Lipinski definition) is 1. The predicted octanol–water partition coefficient (Wildman–Crippen LogP) is 4.85. The summed E-state index contributed by atoms with van der Waals surface area (Å²) in [6.45, 7) is 11.2. The minimum absolute atomic E-state index is 0.761. The molecule has 1 unspecified atom stereocenters. The molecular weight excluding hydrogens is 207 g/mol. The molecule has 0 aromatic heterocycles. The SMILES string of the molecule is CCCCC(/C=C(\C)P(C)(C)=S)CC. The summed E-state index contributed by atoms with van der Waals surface area (Å²) >= 11 is 5.53. The van der Waals surface area contributed by atoms with E-state index in [1.807, 2.05) is 0 Å². The monoisotopic (exact) mass is 232 g/mol. The van der Waals surface area contributed by atoms with Crippen LogP contribution in [0.3, 0.4) is 0 Å². The van der Waals surface area contributed by atoms with Crippen LogP contribution < -0.4 is 0 Å². The maximum Gasteiger partial charge on any atom is -0.0230 e. The van der Waals surface area contributed by atoms with Gasteiger partial charge in [-0.25, -0.2) is 0 Å². The summed E-state index contributed by atoms with van der Waals surface area (Å²) in [6, 6.07) is -1.16. The van der Waals surface area contributed by atoms with E-state index in [0.29, 0.717) is 0 Å². The zero-order valence-electron chi connectivity index (χ0n) is 10.3. The highest BCUT2D eigenvalue weighted by atomic mass is 32.4. The summed E-state index contributed by atoms with van der Waals surface area (Å²) in [5, 5.41) is 1.47. The molecule has 0 fully saturated rings. The molecule has 0 radical (unpaired) electrons. The summed E-state index contributed by atoms with van der Waals surface area (Å²) < 4.78 is 0. The molecule has 0 aromatic rings. The molecular formula is C12H25PS. The maximum atomic E-state index is 5.53. The molecule has 0 spiro atoms. The Labute approximate surface area is 95.2 Å². The second kappa shape index (κ2) is 6.80. The largest absolute Gasteiger partial charge is 0.0935 e. The Morgan fingerprint density at radius 1 is 1.36 bits per heavy atom. The minimum atomic E-state index is -1.16. The van der Waals surface area contributed by atoms with E-state index in [9.17, 15) is 0 Å². The highest BCUT2D eigenvalue weighted by Crippen LogP contribution is 2.46. The first-order valence-corrected chi connectivity index (χ1v) is 9.35. The van der Waals surface area contributed by atoms with Crippen molar-refractivity contribution in [2.45, 2.75) is 46.5 Å². The van der Waals surface area contributed by atoms with Crippen LogP contribution in [0.5, 0.6) is 0 Å². The first-order valence-electron chi connectivity index (χ1n) is 5.65. The summed E-state index contributed by atoms with van der Waals surface area (Å²) in [6.07, 6.45) is 7.68. The Kier molecular flexibility index (Phi) is 6.99. The molecule has 0 aliphatic heterocycles. The van der Waals surface area contributed by atoms with E-state index >= 15 is 0 Å². The van der Waals surface area contributed by atoms with Crippen molar-refractivity contribution in [3.8, 4) is 0 Å². The van der Waals surface area contributed by atoms with Gasteiger partial charge in [0, 0.05) is 0 Å². The molecule has 0 N–H and O–H groups in total. The van der Waals surface area contributed by atoms with Crippen LogP contribution in [0.15, 0.2) is 11.4 Å². The first kappa shape index (κ1) is 14.4. The third-order valence-corrected chi connectivity index (χ3v) is 5.49. The van der Waals surface area contributed by atoms with E-state index in [4.69, 9.17) is 11.8 Å². The van der Waals surface area contributed by atoms with Crippen LogP contribution in [0, 0.1) is 5.92 Å². The van der Waals surface area contributed by atoms with Gasteiger partial charge in [0.05, 0.1) is 0 Å². The summed E-state index contributed by atoms with van der Waals surface area (Å²) in [5.74, 6) is 0.761. The van der Waals surface area contributed by atoms with Gasteiger partial charge in [-0.3, -0.25) is 0 Å². The molecule has 0 aliphatic carbocycles. The van der Waals surface area contributed by atoms with Crippen LogP contribution in [0.1, 0.15) is 46.5 Å². The van der Waals surface area contributed by atoms with Gasteiger partial charge < -0.3 is 0 Å². The Hall–Kier alpha value is 0.390. The summed E-state index contributed by atoms with van der Waals surface area (Å²) in [4.78, 5) is 0. The van der Waals surface area contributed by atoms with Crippen molar-refractivity contribution < 1.29 is 0 Å². The Morgan fingerprint density at radius 3 is 2.29 bits per heavy atom. The zero-order valence-corrected chi connectivity index (χ0v) is 12.0. The lowest BCUT2D eigenvalue weighted by Crippen LogP contribution is -1.95. The van der Waals surface area contributed by atoms with Crippen molar-refractivity contribution in [3.63, 3.8) is 0 Å². The highest BCUT2D eigenvalue weighted by Gasteiger charge is 2.08. The Balaban J connectivity index is 4.34. The average molecular weight is 232 g/mol. The molecule has 0 aromatic carbocycles. The Morgan fingerprint density at radius 2 is 1.93 bits per heavy atom. The van der Waals surface area contributed by atoms with Gasteiger partial charge in [0.25, 0.3) is 0 Å². The number of allylic oxidation sites excluding steroid dienone is 2. The van der Waals surface area contributed by atoms with Gasteiger partial charge in [-0.1, -0.05) is 44.6 Å². The molecule has 1 atom stereocenters. The van der Waals surface area contributed by atoms with Crippen molar-refractivity contribution in [2.24, 2.45) is 5.92 Å². The quantitative estimate of drug-likeness (QED) is 0.590. The van der Waals surface area contributed by atoms with E-state index < -0.39 is 6.04 Å². The molecule has 0 bridgehead atoms. The molecule has 84 valence electrons. The van der Waals surface area contributed by atoms with E-state index in [2.05, 4.69) is 40.2 Å². The van der Waals surface area contributed by atoms with Crippen LogP contribution in [-0.2, 0) is 11.8 Å². The lowest BCUT2D eigenvalue weighted by atomic mass is 9.99. The molecule has 0 saturated heterocycles. The normalized spacial score (nSPS) is 15.6. The molecule has 0 aliphatic rings. The van der Waals surface area contributed by atoms with Crippen LogP contribution in [-0.4, -0.2) is 13.3 Å². The van der Waals surface area contributed by atoms with Crippen LogP contribution >= 0.6 is 6.04 Å². The maximum absolute atomic E-state index is 5.53. The molecule has 0 heterocycles. The van der Waals surface area contributed by atoms with Gasteiger partial charge in [0.2, 0.25) is 0 Å². The van der Waals surface area contributed by atoms with E-state index in [1.54, 1.807) is 0 Å². The lowest BCUT2D eigenvalue weighted by molar-refractivity contribution is 0.539. The fraction of sp³-hybridized carbons (Fsp3) is 0.833. The van der Waals surface area contributed by atoms with Gasteiger partial charge in [-0.2, -0.15) is 0 Å². The molecule has 0 rings (SSSR count). The second-order valence-corrected chi connectivity index (χ2v) is 10.6. The average Bonchev–Trinajstić information content (AvgIpc) is 2.10. The molecule has 14 heavy (non-hydrogen) atoms. The zero-order chi connectivity index (χ0) is 11.2. The molecule has 0 amide bonds. The van der Waals surface area contributed by atoms with Crippen molar-refractivity contribution in [1.82, 2.24) is 0 Å². The van der Waals surface area contributed by atoms with Crippen molar-refractivity contribution >= 4 is 17.8 Å². The van der Waals surface area contributed by atoms with Gasteiger partial charge in [0.15, 0.2) is 0 Å². The molecule has 0 nitrogen and oxygen atoms in total. The fourth-order valence-corrected chi connectivity index (χ4v) is 2.14. The first-order chi connectivity index (χ1) is 6.41. The summed E-state index contributed by atoms with van der Waals surface area (Å²) in [7, 11) is 0. The van der Waals surface area contributed by atoms with E-state index in [0.717, 1.165) is 5.92 Å². The Bertz CT molecular complexity index is 224. The van der Waals surface area contributed by atoms with Crippen molar-refractivity contribution in [2.75, 3.05) is 13.3 Å². The third-order valence-electron chi connectivity index (χ3n) is 2.78. The van der Waals surface area contributed by atoms with E-state index in [-0.39, 0.29) is 0 Å². The van der Waals surface area contributed by atoms with E-state index in [1.165, 1.54) is 31.0 Å². The smallest absolute Gasteiger partial charge is 0.0230 e. The van der Waals surface area contributed by atoms with Crippen LogP contribution in [0.2, 0.25) is 0 Å². The number of hydrogen-bond donors (Lipinski definition) is 0. The molecule has 0 saturated carbocycles. The van der Waals surface area contributed by atoms with Crippen LogP contribution in [0.25, 0.3) is 0 Å². The minimum Gasteiger partial charge on any atom is -0.0935 e. The third kappa shape index (κ3) is 5.98. The van der Waals surface area contributed by atoms with Crippen LogP contribution in [0.4, 0.5) is 0 Å².